The number of hydrogen-bond donors (Lipinski definition) is 4. The molecular weight excluding hydrogens is 382 g/mol. The van der Waals surface area contributed by atoms with E-state index in [9.17, 15) is 18.4 Å². The Morgan fingerprint density at radius 2 is 1.75 bits per heavy atom. The highest BCUT2D eigenvalue weighted by Crippen LogP contribution is 2.51. The molecule has 1 aliphatic heterocycles. The van der Waals surface area contributed by atoms with Crippen molar-refractivity contribution in [2.24, 2.45) is 0 Å². The molecule has 0 aromatic heterocycles. The highest BCUT2D eigenvalue weighted by Gasteiger charge is 2.52. The number of ether oxygens (including phenoxy) is 3. The van der Waals surface area contributed by atoms with Crippen LogP contribution >= 0.6 is 0 Å². The molecule has 2 aliphatic rings. The van der Waals surface area contributed by atoms with E-state index in [1.807, 2.05) is 0 Å². The molecule has 1 saturated carbocycles. The van der Waals surface area contributed by atoms with Crippen molar-refractivity contribution in [2.45, 2.75) is 30.7 Å². The van der Waals surface area contributed by atoms with Crippen molar-refractivity contribution in [1.29, 1.82) is 0 Å². The van der Waals surface area contributed by atoms with Crippen LogP contribution in [-0.2, 0) is 14.9 Å². The molecule has 3 rings (SSSR count). The Kier molecular flexibility index (Phi) is 5.57. The normalized spacial score (nSPS) is 17.9. The summed E-state index contributed by atoms with van der Waals surface area (Å²) in [4.78, 5) is 24.0. The number of rotatable bonds is 8. The quantitative estimate of drug-likeness (QED) is 0.459. The first-order valence-corrected chi connectivity index (χ1v) is 8.64. The molecule has 2 amide bonds. The van der Waals surface area contributed by atoms with Gasteiger partial charge >= 0.3 is 12.4 Å². The van der Waals surface area contributed by atoms with E-state index in [0.717, 1.165) is 0 Å². The Balaban J connectivity index is 1.50. The van der Waals surface area contributed by atoms with Crippen molar-refractivity contribution in [1.82, 2.24) is 10.6 Å². The summed E-state index contributed by atoms with van der Waals surface area (Å²) in [5.74, 6) is -0.498. The SMILES string of the molecule is O=C(NCCNC(=O)C1(c2ccc3c(c2)OC(F)(F)O3)CC1)OC(CO)CO. The average molecular weight is 402 g/mol. The number of alkyl carbamates (subject to hydrolysis) is 1. The minimum Gasteiger partial charge on any atom is -0.441 e. The first-order valence-electron chi connectivity index (χ1n) is 8.64. The van der Waals surface area contributed by atoms with Gasteiger partial charge < -0.3 is 35.1 Å². The van der Waals surface area contributed by atoms with Crippen LogP contribution in [0.2, 0.25) is 0 Å². The van der Waals surface area contributed by atoms with E-state index in [1.165, 1.54) is 12.1 Å². The fraction of sp³-hybridized carbons (Fsp3) is 0.529. The highest BCUT2D eigenvalue weighted by molar-refractivity contribution is 5.91. The number of nitrogens with one attached hydrogen (secondary N) is 2. The predicted molar refractivity (Wildman–Crippen MR) is 89.0 cm³/mol. The van der Waals surface area contributed by atoms with Crippen LogP contribution in [0.25, 0.3) is 0 Å². The van der Waals surface area contributed by atoms with E-state index in [0.29, 0.717) is 18.4 Å². The molecule has 0 spiro atoms. The summed E-state index contributed by atoms with van der Waals surface area (Å²) in [7, 11) is 0. The summed E-state index contributed by atoms with van der Waals surface area (Å²) in [6.07, 6.45) is -4.45. The molecule has 0 bridgehead atoms. The Morgan fingerprint density at radius 1 is 1.11 bits per heavy atom. The summed E-state index contributed by atoms with van der Waals surface area (Å²) in [5, 5.41) is 22.7. The van der Waals surface area contributed by atoms with Crippen LogP contribution in [0.1, 0.15) is 18.4 Å². The van der Waals surface area contributed by atoms with Gasteiger partial charge in [0.1, 0.15) is 6.10 Å². The topological polar surface area (TPSA) is 126 Å². The molecule has 1 fully saturated rings. The molecule has 0 unspecified atom stereocenters. The summed E-state index contributed by atoms with van der Waals surface area (Å²) < 4.78 is 39.8. The molecule has 1 aromatic rings. The van der Waals surface area contributed by atoms with Crippen LogP contribution in [0.4, 0.5) is 13.6 Å². The van der Waals surface area contributed by atoms with E-state index in [-0.39, 0.29) is 30.5 Å². The molecule has 1 heterocycles. The lowest BCUT2D eigenvalue weighted by Crippen LogP contribution is -2.41. The molecule has 1 aromatic carbocycles. The van der Waals surface area contributed by atoms with Crippen LogP contribution in [0.5, 0.6) is 11.5 Å². The second-order valence-electron chi connectivity index (χ2n) is 6.49. The maximum absolute atomic E-state index is 13.1. The Labute approximate surface area is 158 Å². The Hall–Kier alpha value is -2.66. The minimum atomic E-state index is -3.72. The van der Waals surface area contributed by atoms with Gasteiger partial charge in [0, 0.05) is 13.1 Å². The minimum absolute atomic E-state index is 0.0671. The fourth-order valence-electron chi connectivity index (χ4n) is 2.85. The molecule has 0 saturated heterocycles. The molecule has 1 aliphatic carbocycles. The van der Waals surface area contributed by atoms with Crippen LogP contribution < -0.4 is 20.1 Å². The van der Waals surface area contributed by atoms with Gasteiger partial charge in [0.05, 0.1) is 18.6 Å². The zero-order valence-electron chi connectivity index (χ0n) is 14.7. The molecular formula is C17H20F2N2O7. The van der Waals surface area contributed by atoms with Gasteiger partial charge in [-0.1, -0.05) is 6.07 Å². The Bertz CT molecular complexity index is 751. The van der Waals surface area contributed by atoms with Gasteiger partial charge in [0.2, 0.25) is 5.91 Å². The third kappa shape index (κ3) is 4.25. The monoisotopic (exact) mass is 402 g/mol. The number of carbonyl (C=O) groups is 2. The summed E-state index contributed by atoms with van der Waals surface area (Å²) >= 11 is 0. The van der Waals surface area contributed by atoms with Crippen LogP contribution in [0.3, 0.4) is 0 Å². The zero-order valence-corrected chi connectivity index (χ0v) is 14.7. The molecule has 0 radical (unpaired) electrons. The molecule has 9 nitrogen and oxygen atoms in total. The largest absolute Gasteiger partial charge is 0.586 e. The van der Waals surface area contributed by atoms with E-state index in [4.69, 9.17) is 14.9 Å². The number of carbonyl (C=O) groups excluding carboxylic acids is 2. The van der Waals surface area contributed by atoms with Crippen LogP contribution in [-0.4, -0.2) is 60.9 Å². The molecule has 154 valence electrons. The van der Waals surface area contributed by atoms with Gasteiger partial charge in [-0.3, -0.25) is 4.79 Å². The van der Waals surface area contributed by atoms with E-state index >= 15 is 0 Å². The standard InChI is InChI=1S/C17H20F2N2O7/c18-17(19)27-12-2-1-10(7-13(12)28-17)16(3-4-16)14(24)20-5-6-21-15(25)26-11(8-22)9-23/h1-2,7,11,22-23H,3-6,8-9H2,(H,20,24)(H,21,25). The summed E-state index contributed by atoms with van der Waals surface area (Å²) in [5.41, 5.74) is -0.276. The third-order valence-corrected chi connectivity index (χ3v) is 4.50. The van der Waals surface area contributed by atoms with Crippen molar-refractivity contribution >= 4 is 12.0 Å². The van der Waals surface area contributed by atoms with Gasteiger partial charge in [-0.25, -0.2) is 4.79 Å². The number of aliphatic hydroxyl groups is 2. The van der Waals surface area contributed by atoms with Crippen molar-refractivity contribution in [2.75, 3.05) is 26.3 Å². The lowest BCUT2D eigenvalue weighted by atomic mass is 9.94. The number of halogens is 2. The third-order valence-electron chi connectivity index (χ3n) is 4.50. The van der Waals surface area contributed by atoms with Crippen LogP contribution in [0, 0.1) is 0 Å². The van der Waals surface area contributed by atoms with Crippen molar-refractivity contribution in [3.05, 3.63) is 23.8 Å². The predicted octanol–water partition coefficient (Wildman–Crippen LogP) is 0.235. The summed E-state index contributed by atoms with van der Waals surface area (Å²) in [6, 6.07) is 4.27. The summed E-state index contributed by atoms with van der Waals surface area (Å²) in [6.45, 7) is -0.839. The van der Waals surface area contributed by atoms with E-state index in [2.05, 4.69) is 20.1 Å². The lowest BCUT2D eigenvalue weighted by molar-refractivity contribution is -0.286. The number of benzene rings is 1. The second kappa shape index (κ2) is 7.76. The smallest absolute Gasteiger partial charge is 0.441 e. The van der Waals surface area contributed by atoms with Crippen LogP contribution in [0.15, 0.2) is 18.2 Å². The number of aliphatic hydroxyl groups excluding tert-OH is 2. The van der Waals surface area contributed by atoms with Crippen molar-refractivity contribution in [3.63, 3.8) is 0 Å². The van der Waals surface area contributed by atoms with Gasteiger partial charge in [0.25, 0.3) is 0 Å². The number of amides is 2. The number of hydrogen-bond acceptors (Lipinski definition) is 7. The van der Waals surface area contributed by atoms with Crippen molar-refractivity contribution in [3.8, 4) is 11.5 Å². The van der Waals surface area contributed by atoms with Crippen molar-refractivity contribution < 1.29 is 42.8 Å². The molecule has 11 heteroatoms. The Morgan fingerprint density at radius 3 is 2.39 bits per heavy atom. The van der Waals surface area contributed by atoms with Gasteiger partial charge in [-0.05, 0) is 30.5 Å². The number of alkyl halides is 2. The lowest BCUT2D eigenvalue weighted by Gasteiger charge is -2.17. The van der Waals surface area contributed by atoms with Gasteiger partial charge in [0.15, 0.2) is 11.5 Å². The average Bonchev–Trinajstić information content (AvgIpc) is 3.40. The second-order valence-corrected chi connectivity index (χ2v) is 6.49. The molecule has 4 N–H and O–H groups in total. The molecule has 0 atom stereocenters. The van der Waals surface area contributed by atoms with Gasteiger partial charge in [-0.15, -0.1) is 8.78 Å². The number of fused-ring (bicyclic) bond motifs is 1. The first kappa shape index (κ1) is 20.1. The van der Waals surface area contributed by atoms with E-state index in [1.54, 1.807) is 6.07 Å². The molecule has 28 heavy (non-hydrogen) atoms. The first-order chi connectivity index (χ1) is 13.3. The van der Waals surface area contributed by atoms with E-state index < -0.39 is 37.1 Å². The zero-order chi connectivity index (χ0) is 20.4. The maximum Gasteiger partial charge on any atom is 0.586 e. The fourth-order valence-corrected chi connectivity index (χ4v) is 2.85. The highest BCUT2D eigenvalue weighted by atomic mass is 19.3. The maximum atomic E-state index is 13.1. The van der Waals surface area contributed by atoms with Gasteiger partial charge in [-0.2, -0.15) is 0 Å².